The van der Waals surface area contributed by atoms with Crippen molar-refractivity contribution in [2.24, 2.45) is 5.73 Å². The molecule has 5 N–H and O–H groups in total. The van der Waals surface area contributed by atoms with E-state index in [1.54, 1.807) is 0 Å². The highest BCUT2D eigenvalue weighted by atomic mass is 32.2. The molecular formula is C23H19F4N7O4S. The molecule has 0 spiro atoms. The first kappa shape index (κ1) is 27.3. The van der Waals surface area contributed by atoms with Crippen LogP contribution >= 0.6 is 0 Å². The van der Waals surface area contributed by atoms with Gasteiger partial charge in [0.05, 0.1) is 11.9 Å². The summed E-state index contributed by atoms with van der Waals surface area (Å²) in [4.78, 5) is 20.2. The van der Waals surface area contributed by atoms with E-state index in [2.05, 4.69) is 25.5 Å². The lowest BCUT2D eigenvalue weighted by Crippen LogP contribution is -2.28. The quantitative estimate of drug-likeness (QED) is 0.211. The topological polar surface area (TPSA) is 165 Å². The van der Waals surface area contributed by atoms with Gasteiger partial charge in [0.25, 0.3) is 5.91 Å². The lowest BCUT2D eigenvalue weighted by atomic mass is 10.1. The first-order valence-electron chi connectivity index (χ1n) is 10.9. The number of rotatable bonds is 10. The summed E-state index contributed by atoms with van der Waals surface area (Å²) in [5.74, 6) is -3.33. The number of hydrogen-bond donors (Lipinski definition) is 4. The summed E-state index contributed by atoms with van der Waals surface area (Å²) in [5.41, 5.74) is 5.91. The number of nitrogens with two attached hydrogens (primary N) is 1. The van der Waals surface area contributed by atoms with E-state index in [9.17, 15) is 30.8 Å². The zero-order valence-electron chi connectivity index (χ0n) is 19.7. The number of hydrogen-bond acceptors (Lipinski definition) is 8. The van der Waals surface area contributed by atoms with Gasteiger partial charge in [0, 0.05) is 18.0 Å². The molecule has 0 fully saturated rings. The van der Waals surface area contributed by atoms with Gasteiger partial charge in [0.1, 0.15) is 41.1 Å². The number of primary amides is 1. The first-order valence-corrected chi connectivity index (χ1v) is 12.6. The van der Waals surface area contributed by atoms with Crippen LogP contribution in [0.3, 0.4) is 0 Å². The Balaban J connectivity index is 1.71. The molecule has 0 aliphatic heterocycles. The van der Waals surface area contributed by atoms with Crippen LogP contribution in [0.4, 0.5) is 34.9 Å². The Morgan fingerprint density at radius 1 is 1.10 bits per heavy atom. The second-order valence-corrected chi connectivity index (χ2v) is 9.73. The number of benzene rings is 2. The van der Waals surface area contributed by atoms with E-state index in [1.165, 1.54) is 55.0 Å². The Kier molecular flexibility index (Phi) is 7.66. The van der Waals surface area contributed by atoms with Gasteiger partial charge in [-0.15, -0.1) is 0 Å². The third-order valence-electron chi connectivity index (χ3n) is 5.01. The fourth-order valence-corrected chi connectivity index (χ4v) is 4.41. The Labute approximate surface area is 218 Å². The van der Waals surface area contributed by atoms with Gasteiger partial charge >= 0.3 is 6.18 Å². The van der Waals surface area contributed by atoms with Crippen molar-refractivity contribution in [3.63, 3.8) is 0 Å². The smallest absolute Gasteiger partial charge is 0.404 e. The van der Waals surface area contributed by atoms with E-state index in [0.29, 0.717) is 5.56 Å². The van der Waals surface area contributed by atoms with Gasteiger partial charge in [0.15, 0.2) is 5.75 Å². The van der Waals surface area contributed by atoms with Gasteiger partial charge in [-0.2, -0.15) is 18.3 Å². The van der Waals surface area contributed by atoms with Crippen LogP contribution in [-0.4, -0.2) is 46.4 Å². The van der Waals surface area contributed by atoms with Crippen LogP contribution in [0.25, 0.3) is 11.3 Å². The molecule has 0 unspecified atom stereocenters. The minimum absolute atomic E-state index is 0.0326. The molecule has 0 saturated heterocycles. The van der Waals surface area contributed by atoms with Gasteiger partial charge in [-0.3, -0.25) is 19.6 Å². The zero-order valence-corrected chi connectivity index (χ0v) is 20.5. The van der Waals surface area contributed by atoms with Crippen LogP contribution in [-0.2, 0) is 16.6 Å². The zero-order chi connectivity index (χ0) is 28.2. The van der Waals surface area contributed by atoms with Crippen molar-refractivity contribution in [3.8, 4) is 17.0 Å². The number of alkyl halides is 3. The predicted molar refractivity (Wildman–Crippen MR) is 132 cm³/mol. The molecule has 4 aromatic rings. The van der Waals surface area contributed by atoms with E-state index in [0.717, 1.165) is 6.07 Å². The van der Waals surface area contributed by atoms with Gasteiger partial charge in [0.2, 0.25) is 10.0 Å². The Hall–Kier alpha value is -4.73. The molecule has 16 heteroatoms. The fraction of sp³-hybridized carbons (Fsp3) is 0.130. The predicted octanol–water partition coefficient (Wildman–Crippen LogP) is 3.73. The Morgan fingerprint density at radius 3 is 2.49 bits per heavy atom. The maximum atomic E-state index is 13.2. The molecule has 2 aromatic heterocycles. The first-order chi connectivity index (χ1) is 18.4. The fourth-order valence-electron chi connectivity index (χ4n) is 3.41. The molecule has 4 rings (SSSR count). The van der Waals surface area contributed by atoms with E-state index < -0.39 is 33.7 Å². The normalized spacial score (nSPS) is 11.7. The lowest BCUT2D eigenvalue weighted by molar-refractivity contribution is -0.106. The number of sulfonamides is 1. The van der Waals surface area contributed by atoms with Crippen LogP contribution in [0.5, 0.6) is 5.75 Å². The summed E-state index contributed by atoms with van der Waals surface area (Å²) in [6, 6.07) is 8.91. The molecule has 0 atom stereocenters. The second kappa shape index (κ2) is 10.9. The summed E-state index contributed by atoms with van der Waals surface area (Å²) < 4.78 is 83.4. The van der Waals surface area contributed by atoms with Gasteiger partial charge in [-0.25, -0.2) is 17.8 Å². The number of halogens is 4. The van der Waals surface area contributed by atoms with Gasteiger partial charge in [-0.05, 0) is 29.8 Å². The number of nitrogens with zero attached hydrogens (tertiary/aromatic N) is 3. The van der Waals surface area contributed by atoms with Crippen molar-refractivity contribution in [2.75, 3.05) is 15.8 Å². The van der Waals surface area contributed by atoms with Crippen molar-refractivity contribution in [1.82, 2.24) is 20.2 Å². The molecular weight excluding hydrogens is 546 g/mol. The average Bonchev–Trinajstić information content (AvgIpc) is 3.27. The molecule has 0 radical (unpaired) electrons. The molecule has 1 amide bonds. The van der Waals surface area contributed by atoms with Crippen LogP contribution in [0.1, 0.15) is 15.9 Å². The van der Waals surface area contributed by atoms with Gasteiger partial charge < -0.3 is 15.8 Å². The maximum absolute atomic E-state index is 13.2. The average molecular weight is 566 g/mol. The van der Waals surface area contributed by atoms with Crippen molar-refractivity contribution in [1.29, 1.82) is 0 Å². The van der Waals surface area contributed by atoms with Crippen molar-refractivity contribution >= 4 is 33.3 Å². The minimum Gasteiger partial charge on any atom is -0.487 e. The number of amides is 1. The summed E-state index contributed by atoms with van der Waals surface area (Å²) in [5, 5.41) is 9.55. The summed E-state index contributed by atoms with van der Waals surface area (Å²) in [7, 11) is -4.86. The number of anilines is 3. The van der Waals surface area contributed by atoms with Crippen LogP contribution in [0.2, 0.25) is 0 Å². The molecule has 0 aliphatic rings. The van der Waals surface area contributed by atoms with Crippen molar-refractivity contribution in [2.45, 2.75) is 12.8 Å². The molecule has 11 nitrogen and oxygen atoms in total. The number of carbonyl (C=O) groups is 1. The molecule has 0 bridgehead atoms. The number of nitrogens with one attached hydrogen (secondary N) is 3. The third kappa shape index (κ3) is 7.19. The van der Waals surface area contributed by atoms with Crippen LogP contribution in [0.15, 0.2) is 61.1 Å². The summed E-state index contributed by atoms with van der Waals surface area (Å²) >= 11 is 0. The van der Waals surface area contributed by atoms with Crippen LogP contribution < -0.4 is 20.5 Å². The second-order valence-electron chi connectivity index (χ2n) is 8.00. The molecule has 39 heavy (non-hydrogen) atoms. The lowest BCUT2D eigenvalue weighted by Gasteiger charge is -2.16. The van der Waals surface area contributed by atoms with Crippen molar-refractivity contribution in [3.05, 3.63) is 78.0 Å². The Bertz CT molecular complexity index is 1580. The van der Waals surface area contributed by atoms with Gasteiger partial charge in [-0.1, -0.05) is 18.2 Å². The maximum Gasteiger partial charge on any atom is 0.404 e. The monoisotopic (exact) mass is 565 g/mol. The summed E-state index contributed by atoms with van der Waals surface area (Å²) in [6.45, 7) is -0.194. The molecule has 204 valence electrons. The third-order valence-corrected chi connectivity index (χ3v) is 6.25. The summed E-state index contributed by atoms with van der Waals surface area (Å²) in [6.07, 6.45) is -0.753. The highest BCUT2D eigenvalue weighted by molar-refractivity contribution is 7.92. The van der Waals surface area contributed by atoms with E-state index in [1.807, 2.05) is 4.72 Å². The molecule has 0 aliphatic carbocycles. The standard InChI is InChI=1S/C23H19F4N7O4S/c24-15-4-1-13(2-5-15)11-38-17-9-14(3-6-16(17)34-39(36,37)12-23(25,26)27)20-19(21(28)35)22(33-32-20)31-18-10-29-7-8-30-18/h1-10,34H,11-12H2,(H2,28,35)(H2,30,31,32,33). The number of aromatic amines is 1. The molecule has 0 saturated carbocycles. The van der Waals surface area contributed by atoms with Crippen molar-refractivity contribution < 1.29 is 35.5 Å². The van der Waals surface area contributed by atoms with E-state index >= 15 is 0 Å². The Morgan fingerprint density at radius 2 is 1.85 bits per heavy atom. The number of aromatic nitrogens is 4. The highest BCUT2D eigenvalue weighted by Crippen LogP contribution is 2.35. The molecule has 2 heterocycles. The number of ether oxygens (including phenoxy) is 1. The van der Waals surface area contributed by atoms with Crippen LogP contribution in [0, 0.1) is 5.82 Å². The van der Waals surface area contributed by atoms with E-state index in [4.69, 9.17) is 10.5 Å². The SMILES string of the molecule is NC(=O)c1c(-c2ccc(NS(=O)(=O)CC(F)(F)F)c(OCc3ccc(F)cc3)c2)n[nH]c1Nc1cnccn1. The highest BCUT2D eigenvalue weighted by Gasteiger charge is 2.35. The molecule has 2 aromatic carbocycles. The largest absolute Gasteiger partial charge is 0.487 e. The minimum atomic E-state index is -4.99. The number of H-pyrrole nitrogens is 1. The number of carbonyl (C=O) groups excluding carboxylic acids is 1. The van der Waals surface area contributed by atoms with E-state index in [-0.39, 0.29) is 46.5 Å².